The van der Waals surface area contributed by atoms with Gasteiger partial charge in [-0.25, -0.2) is 4.98 Å². The Balaban J connectivity index is 2.03. The SMILES string of the molecule is Cc1nc2ccccc2n1-c1ccc2ccccc2c1. The van der Waals surface area contributed by atoms with Gasteiger partial charge in [0, 0.05) is 5.69 Å². The molecule has 0 N–H and O–H groups in total. The second-order valence-corrected chi connectivity index (χ2v) is 5.01. The lowest BCUT2D eigenvalue weighted by Crippen LogP contribution is -1.96. The molecule has 1 heterocycles. The van der Waals surface area contributed by atoms with Crippen molar-refractivity contribution in [3.63, 3.8) is 0 Å². The summed E-state index contributed by atoms with van der Waals surface area (Å²) in [7, 11) is 0. The number of hydrogen-bond acceptors (Lipinski definition) is 1. The van der Waals surface area contributed by atoms with Gasteiger partial charge in [-0.3, -0.25) is 4.57 Å². The minimum absolute atomic E-state index is 1.02. The number of aryl methyl sites for hydroxylation is 1. The molecule has 4 aromatic rings. The van der Waals surface area contributed by atoms with Crippen LogP contribution in [0.1, 0.15) is 5.82 Å². The van der Waals surface area contributed by atoms with E-state index in [0.29, 0.717) is 0 Å². The molecule has 1 aromatic heterocycles. The molecule has 0 fully saturated rings. The third kappa shape index (κ3) is 1.62. The van der Waals surface area contributed by atoms with Crippen LogP contribution >= 0.6 is 0 Å². The first-order valence-electron chi connectivity index (χ1n) is 6.76. The van der Waals surface area contributed by atoms with Crippen LogP contribution in [-0.4, -0.2) is 9.55 Å². The van der Waals surface area contributed by atoms with E-state index in [4.69, 9.17) is 0 Å². The van der Waals surface area contributed by atoms with Gasteiger partial charge in [0.05, 0.1) is 11.0 Å². The number of fused-ring (bicyclic) bond motifs is 2. The van der Waals surface area contributed by atoms with E-state index >= 15 is 0 Å². The molecule has 96 valence electrons. The molecule has 4 rings (SSSR count). The van der Waals surface area contributed by atoms with Gasteiger partial charge in [-0.05, 0) is 42.0 Å². The van der Waals surface area contributed by atoms with E-state index in [9.17, 15) is 0 Å². The molecule has 2 nitrogen and oxygen atoms in total. The van der Waals surface area contributed by atoms with Crippen molar-refractivity contribution in [2.24, 2.45) is 0 Å². The van der Waals surface area contributed by atoms with E-state index < -0.39 is 0 Å². The molecule has 0 radical (unpaired) electrons. The van der Waals surface area contributed by atoms with Crippen molar-refractivity contribution >= 4 is 21.8 Å². The summed E-state index contributed by atoms with van der Waals surface area (Å²) in [6, 6.07) is 23.2. The predicted octanol–water partition coefficient (Wildman–Crippen LogP) is 4.49. The lowest BCUT2D eigenvalue weighted by Gasteiger charge is -2.08. The van der Waals surface area contributed by atoms with Crippen molar-refractivity contribution < 1.29 is 0 Å². The molecule has 0 aliphatic carbocycles. The Kier molecular flexibility index (Phi) is 2.36. The van der Waals surface area contributed by atoms with E-state index in [-0.39, 0.29) is 0 Å². The topological polar surface area (TPSA) is 17.8 Å². The van der Waals surface area contributed by atoms with E-state index in [2.05, 4.69) is 77.1 Å². The summed E-state index contributed by atoms with van der Waals surface area (Å²) in [5, 5.41) is 2.51. The van der Waals surface area contributed by atoms with Crippen LogP contribution in [0.5, 0.6) is 0 Å². The number of benzene rings is 3. The maximum Gasteiger partial charge on any atom is 0.111 e. The fourth-order valence-corrected chi connectivity index (χ4v) is 2.79. The Bertz CT molecular complexity index is 919. The Morgan fingerprint density at radius 3 is 2.45 bits per heavy atom. The average Bonchev–Trinajstić information content (AvgIpc) is 2.82. The van der Waals surface area contributed by atoms with Crippen molar-refractivity contribution in [1.29, 1.82) is 0 Å². The zero-order valence-electron chi connectivity index (χ0n) is 11.2. The molecular weight excluding hydrogens is 244 g/mol. The smallest absolute Gasteiger partial charge is 0.111 e. The minimum atomic E-state index is 1.02. The van der Waals surface area contributed by atoms with Gasteiger partial charge in [-0.15, -0.1) is 0 Å². The number of nitrogens with zero attached hydrogens (tertiary/aromatic N) is 2. The Morgan fingerprint density at radius 2 is 1.55 bits per heavy atom. The average molecular weight is 258 g/mol. The highest BCUT2D eigenvalue weighted by atomic mass is 15.1. The molecule has 0 aliphatic heterocycles. The Hall–Kier alpha value is -2.61. The lowest BCUT2D eigenvalue weighted by atomic mass is 10.1. The maximum atomic E-state index is 4.63. The Labute approximate surface area is 117 Å². The first kappa shape index (κ1) is 11.2. The summed E-state index contributed by atoms with van der Waals surface area (Å²) in [4.78, 5) is 4.63. The van der Waals surface area contributed by atoms with Crippen LogP contribution in [0.2, 0.25) is 0 Å². The van der Waals surface area contributed by atoms with Crippen LogP contribution in [-0.2, 0) is 0 Å². The van der Waals surface area contributed by atoms with Gasteiger partial charge in [-0.1, -0.05) is 42.5 Å². The van der Waals surface area contributed by atoms with Gasteiger partial charge < -0.3 is 0 Å². The first-order valence-corrected chi connectivity index (χ1v) is 6.76. The van der Waals surface area contributed by atoms with Gasteiger partial charge in [0.1, 0.15) is 5.82 Å². The number of hydrogen-bond donors (Lipinski definition) is 0. The molecular formula is C18H14N2. The van der Waals surface area contributed by atoms with Gasteiger partial charge in [0.15, 0.2) is 0 Å². The molecule has 0 unspecified atom stereocenters. The summed E-state index contributed by atoms with van der Waals surface area (Å²) in [5.41, 5.74) is 3.35. The monoisotopic (exact) mass is 258 g/mol. The van der Waals surface area contributed by atoms with Gasteiger partial charge >= 0.3 is 0 Å². The van der Waals surface area contributed by atoms with Crippen LogP contribution in [0.4, 0.5) is 0 Å². The highest BCUT2D eigenvalue weighted by Gasteiger charge is 2.08. The van der Waals surface area contributed by atoms with Crippen molar-refractivity contribution in [2.45, 2.75) is 6.92 Å². The highest BCUT2D eigenvalue weighted by Crippen LogP contribution is 2.24. The number of rotatable bonds is 1. The van der Waals surface area contributed by atoms with E-state index in [1.54, 1.807) is 0 Å². The summed E-state index contributed by atoms with van der Waals surface area (Å²) in [6.45, 7) is 2.05. The molecule has 0 bridgehead atoms. The maximum absolute atomic E-state index is 4.63. The third-order valence-electron chi connectivity index (χ3n) is 3.72. The van der Waals surface area contributed by atoms with Crippen LogP contribution in [0.3, 0.4) is 0 Å². The second-order valence-electron chi connectivity index (χ2n) is 5.01. The molecule has 0 saturated heterocycles. The van der Waals surface area contributed by atoms with Gasteiger partial charge in [-0.2, -0.15) is 0 Å². The predicted molar refractivity (Wildman–Crippen MR) is 83.3 cm³/mol. The molecule has 0 aliphatic rings. The molecule has 3 aromatic carbocycles. The molecule has 2 heteroatoms. The number of para-hydroxylation sites is 2. The fraction of sp³-hybridized carbons (Fsp3) is 0.0556. The number of aromatic nitrogens is 2. The van der Waals surface area contributed by atoms with Crippen LogP contribution in [0, 0.1) is 6.92 Å². The lowest BCUT2D eigenvalue weighted by molar-refractivity contribution is 1.00. The summed E-state index contributed by atoms with van der Waals surface area (Å²) in [5.74, 6) is 1.02. The minimum Gasteiger partial charge on any atom is -0.297 e. The summed E-state index contributed by atoms with van der Waals surface area (Å²) < 4.78 is 2.21. The zero-order chi connectivity index (χ0) is 13.5. The quantitative estimate of drug-likeness (QED) is 0.492. The molecule has 20 heavy (non-hydrogen) atoms. The van der Waals surface area contributed by atoms with Crippen molar-refractivity contribution in [2.75, 3.05) is 0 Å². The number of imidazole rings is 1. The standard InChI is InChI=1S/C18H14N2/c1-13-19-17-8-4-5-9-18(17)20(13)16-11-10-14-6-2-3-7-15(14)12-16/h2-12H,1H3. The van der Waals surface area contributed by atoms with E-state index in [0.717, 1.165) is 22.5 Å². The third-order valence-corrected chi connectivity index (χ3v) is 3.72. The Morgan fingerprint density at radius 1 is 0.800 bits per heavy atom. The van der Waals surface area contributed by atoms with E-state index in [1.165, 1.54) is 10.8 Å². The van der Waals surface area contributed by atoms with Crippen LogP contribution in [0.15, 0.2) is 66.7 Å². The van der Waals surface area contributed by atoms with E-state index in [1.807, 2.05) is 6.07 Å². The van der Waals surface area contributed by atoms with Gasteiger partial charge in [0.25, 0.3) is 0 Å². The summed E-state index contributed by atoms with van der Waals surface area (Å²) >= 11 is 0. The highest BCUT2D eigenvalue weighted by molar-refractivity contribution is 5.86. The van der Waals surface area contributed by atoms with Crippen molar-refractivity contribution in [1.82, 2.24) is 9.55 Å². The molecule has 0 saturated carbocycles. The summed E-state index contributed by atoms with van der Waals surface area (Å²) in [6.07, 6.45) is 0. The van der Waals surface area contributed by atoms with Crippen LogP contribution in [0.25, 0.3) is 27.5 Å². The first-order chi connectivity index (χ1) is 9.83. The molecule has 0 amide bonds. The normalized spacial score (nSPS) is 11.2. The van der Waals surface area contributed by atoms with Crippen molar-refractivity contribution in [3.8, 4) is 5.69 Å². The molecule has 0 atom stereocenters. The fourth-order valence-electron chi connectivity index (χ4n) is 2.79. The van der Waals surface area contributed by atoms with Crippen LogP contribution < -0.4 is 0 Å². The molecule has 0 spiro atoms. The van der Waals surface area contributed by atoms with Crippen molar-refractivity contribution in [3.05, 3.63) is 72.6 Å². The largest absolute Gasteiger partial charge is 0.297 e. The van der Waals surface area contributed by atoms with Gasteiger partial charge in [0.2, 0.25) is 0 Å². The zero-order valence-corrected chi connectivity index (χ0v) is 11.2. The second kappa shape index (κ2) is 4.20.